The quantitative estimate of drug-likeness (QED) is 0.628. The van der Waals surface area contributed by atoms with Gasteiger partial charge in [0.25, 0.3) is 0 Å². The van der Waals surface area contributed by atoms with Crippen molar-refractivity contribution in [3.05, 3.63) is 0 Å². The van der Waals surface area contributed by atoms with Crippen LogP contribution in [0.4, 0.5) is 0 Å². The number of aliphatic hydroxyl groups excluding tert-OH is 1. The standard InChI is InChI=1S/C10H21NO/c1-8-6-9(2,3)4-5-10(8,11)7-12/h8,12H,4-7,11H2,1-3H3. The van der Waals surface area contributed by atoms with Gasteiger partial charge >= 0.3 is 0 Å². The van der Waals surface area contributed by atoms with E-state index in [1.165, 1.54) is 0 Å². The van der Waals surface area contributed by atoms with Crippen LogP contribution < -0.4 is 5.73 Å². The highest BCUT2D eigenvalue weighted by Crippen LogP contribution is 2.42. The third kappa shape index (κ3) is 1.80. The summed E-state index contributed by atoms with van der Waals surface area (Å²) in [5.74, 6) is 0.436. The van der Waals surface area contributed by atoms with E-state index in [0.29, 0.717) is 11.3 Å². The van der Waals surface area contributed by atoms with Crippen LogP contribution in [0.15, 0.2) is 0 Å². The van der Waals surface area contributed by atoms with Gasteiger partial charge in [-0.05, 0) is 30.6 Å². The maximum atomic E-state index is 9.17. The second kappa shape index (κ2) is 3.00. The Morgan fingerprint density at radius 2 is 2.00 bits per heavy atom. The summed E-state index contributed by atoms with van der Waals surface area (Å²) < 4.78 is 0. The van der Waals surface area contributed by atoms with Crippen molar-refractivity contribution in [1.29, 1.82) is 0 Å². The molecule has 1 aliphatic rings. The molecular weight excluding hydrogens is 150 g/mol. The van der Waals surface area contributed by atoms with E-state index in [-0.39, 0.29) is 12.1 Å². The third-order valence-electron chi connectivity index (χ3n) is 3.40. The van der Waals surface area contributed by atoms with Crippen molar-refractivity contribution in [2.24, 2.45) is 17.1 Å². The molecule has 0 spiro atoms. The molecule has 2 nitrogen and oxygen atoms in total. The van der Waals surface area contributed by atoms with Crippen LogP contribution in [0.5, 0.6) is 0 Å². The molecule has 1 saturated carbocycles. The summed E-state index contributed by atoms with van der Waals surface area (Å²) in [5.41, 5.74) is 6.18. The van der Waals surface area contributed by atoms with Gasteiger partial charge in [0.15, 0.2) is 0 Å². The fraction of sp³-hybridized carbons (Fsp3) is 1.00. The maximum absolute atomic E-state index is 9.17. The van der Waals surface area contributed by atoms with Crippen LogP contribution in [0.3, 0.4) is 0 Å². The minimum Gasteiger partial charge on any atom is -0.394 e. The molecule has 0 aromatic carbocycles. The summed E-state index contributed by atoms with van der Waals surface area (Å²) in [4.78, 5) is 0. The Morgan fingerprint density at radius 1 is 1.42 bits per heavy atom. The molecule has 0 saturated heterocycles. The zero-order valence-electron chi connectivity index (χ0n) is 8.43. The van der Waals surface area contributed by atoms with Crippen LogP contribution in [0.25, 0.3) is 0 Å². The predicted molar refractivity (Wildman–Crippen MR) is 50.8 cm³/mol. The first kappa shape index (κ1) is 10.0. The molecule has 1 fully saturated rings. The molecule has 2 atom stereocenters. The Balaban J connectivity index is 2.65. The molecule has 0 heterocycles. The van der Waals surface area contributed by atoms with Crippen molar-refractivity contribution < 1.29 is 5.11 Å². The Bertz CT molecular complexity index is 167. The highest BCUT2D eigenvalue weighted by Gasteiger charge is 2.40. The van der Waals surface area contributed by atoms with Crippen molar-refractivity contribution in [2.45, 2.75) is 45.6 Å². The average Bonchev–Trinajstić information content (AvgIpc) is 1.97. The van der Waals surface area contributed by atoms with Gasteiger partial charge in [0.05, 0.1) is 6.61 Å². The zero-order chi connectivity index (χ0) is 9.41. The van der Waals surface area contributed by atoms with E-state index in [1.54, 1.807) is 0 Å². The third-order valence-corrected chi connectivity index (χ3v) is 3.40. The molecule has 0 radical (unpaired) electrons. The minimum atomic E-state index is -0.310. The number of hydrogen-bond acceptors (Lipinski definition) is 2. The lowest BCUT2D eigenvalue weighted by molar-refractivity contribution is 0.0549. The summed E-state index contributed by atoms with van der Waals surface area (Å²) in [7, 11) is 0. The van der Waals surface area contributed by atoms with Gasteiger partial charge in [-0.25, -0.2) is 0 Å². The van der Waals surface area contributed by atoms with Gasteiger partial charge in [-0.2, -0.15) is 0 Å². The second-order valence-electron chi connectivity index (χ2n) is 5.16. The van der Waals surface area contributed by atoms with Crippen LogP contribution in [-0.4, -0.2) is 17.3 Å². The summed E-state index contributed by atoms with van der Waals surface area (Å²) in [6.07, 6.45) is 3.22. The molecule has 2 unspecified atom stereocenters. The van der Waals surface area contributed by atoms with Gasteiger partial charge in [0.1, 0.15) is 0 Å². The van der Waals surface area contributed by atoms with E-state index < -0.39 is 0 Å². The van der Waals surface area contributed by atoms with Crippen LogP contribution >= 0.6 is 0 Å². The van der Waals surface area contributed by atoms with Crippen molar-refractivity contribution in [3.63, 3.8) is 0 Å². The van der Waals surface area contributed by atoms with Gasteiger partial charge in [-0.3, -0.25) is 0 Å². The molecule has 0 bridgehead atoms. The van der Waals surface area contributed by atoms with Crippen LogP contribution in [0.2, 0.25) is 0 Å². The van der Waals surface area contributed by atoms with Crippen LogP contribution in [-0.2, 0) is 0 Å². The van der Waals surface area contributed by atoms with Crippen LogP contribution in [0.1, 0.15) is 40.0 Å². The Kier molecular flexibility index (Phi) is 2.50. The molecule has 1 rings (SSSR count). The monoisotopic (exact) mass is 171 g/mol. The van der Waals surface area contributed by atoms with E-state index in [2.05, 4.69) is 20.8 Å². The van der Waals surface area contributed by atoms with Gasteiger partial charge < -0.3 is 10.8 Å². The topological polar surface area (TPSA) is 46.2 Å². The van der Waals surface area contributed by atoms with Gasteiger partial charge in [0, 0.05) is 5.54 Å². The lowest BCUT2D eigenvalue weighted by Gasteiger charge is -2.45. The summed E-state index contributed by atoms with van der Waals surface area (Å²) >= 11 is 0. The molecule has 0 aliphatic heterocycles. The van der Waals surface area contributed by atoms with Crippen molar-refractivity contribution in [3.8, 4) is 0 Å². The summed E-state index contributed by atoms with van der Waals surface area (Å²) in [6.45, 7) is 6.84. The fourth-order valence-electron chi connectivity index (χ4n) is 2.19. The first-order chi connectivity index (χ1) is 5.40. The van der Waals surface area contributed by atoms with Gasteiger partial charge in [-0.15, -0.1) is 0 Å². The first-order valence-corrected chi connectivity index (χ1v) is 4.79. The molecule has 12 heavy (non-hydrogen) atoms. The van der Waals surface area contributed by atoms with Gasteiger partial charge in [-0.1, -0.05) is 20.8 Å². The predicted octanol–water partition coefficient (Wildman–Crippen LogP) is 1.52. The Hall–Kier alpha value is -0.0800. The molecule has 2 heteroatoms. The second-order valence-corrected chi connectivity index (χ2v) is 5.16. The fourth-order valence-corrected chi connectivity index (χ4v) is 2.19. The molecular formula is C10H21NO. The summed E-state index contributed by atoms with van der Waals surface area (Å²) in [6, 6.07) is 0. The van der Waals surface area contributed by atoms with E-state index in [0.717, 1.165) is 19.3 Å². The SMILES string of the molecule is CC1CC(C)(C)CCC1(N)CO. The highest BCUT2D eigenvalue weighted by molar-refractivity contribution is 4.96. The van der Waals surface area contributed by atoms with Crippen molar-refractivity contribution in [2.75, 3.05) is 6.61 Å². The molecule has 72 valence electrons. The molecule has 1 aliphatic carbocycles. The number of nitrogens with two attached hydrogens (primary N) is 1. The lowest BCUT2D eigenvalue weighted by Crippen LogP contribution is -2.54. The Labute approximate surface area is 75.2 Å². The number of hydrogen-bond donors (Lipinski definition) is 2. The molecule has 0 aromatic rings. The number of aliphatic hydroxyl groups is 1. The van der Waals surface area contributed by atoms with Crippen molar-refractivity contribution >= 4 is 0 Å². The highest BCUT2D eigenvalue weighted by atomic mass is 16.3. The smallest absolute Gasteiger partial charge is 0.0613 e. The normalized spacial score (nSPS) is 41.2. The average molecular weight is 171 g/mol. The first-order valence-electron chi connectivity index (χ1n) is 4.79. The summed E-state index contributed by atoms with van der Waals surface area (Å²) in [5, 5.41) is 9.17. The number of rotatable bonds is 1. The van der Waals surface area contributed by atoms with Crippen molar-refractivity contribution in [1.82, 2.24) is 0 Å². The molecule has 0 aromatic heterocycles. The molecule has 3 N–H and O–H groups in total. The lowest BCUT2D eigenvalue weighted by atomic mass is 9.64. The minimum absolute atomic E-state index is 0.129. The van der Waals surface area contributed by atoms with E-state index in [1.807, 2.05) is 0 Å². The van der Waals surface area contributed by atoms with Crippen LogP contribution in [0, 0.1) is 11.3 Å². The van der Waals surface area contributed by atoms with E-state index in [9.17, 15) is 0 Å². The molecule has 0 amide bonds. The maximum Gasteiger partial charge on any atom is 0.0613 e. The largest absolute Gasteiger partial charge is 0.394 e. The zero-order valence-corrected chi connectivity index (χ0v) is 8.43. The van der Waals surface area contributed by atoms with Gasteiger partial charge in [0.2, 0.25) is 0 Å². The van der Waals surface area contributed by atoms with E-state index in [4.69, 9.17) is 10.8 Å². The Morgan fingerprint density at radius 3 is 2.42 bits per heavy atom. The van der Waals surface area contributed by atoms with E-state index >= 15 is 0 Å².